The van der Waals surface area contributed by atoms with Gasteiger partial charge in [-0.15, -0.1) is 0 Å². The zero-order chi connectivity index (χ0) is 17.0. The number of ether oxygens (including phenoxy) is 1. The average Bonchev–Trinajstić information content (AvgIpc) is 2.46. The van der Waals surface area contributed by atoms with E-state index in [1.165, 1.54) is 0 Å². The monoisotopic (exact) mass is 371 g/mol. The Bertz CT molecular complexity index is 719. The van der Waals surface area contributed by atoms with Crippen LogP contribution >= 0.6 is 34.8 Å². The molecule has 2 aromatic rings. The molecule has 0 fully saturated rings. The Morgan fingerprint density at radius 2 is 1.78 bits per heavy atom. The van der Waals surface area contributed by atoms with Crippen LogP contribution < -0.4 is 10.1 Å². The van der Waals surface area contributed by atoms with Crippen molar-refractivity contribution in [2.24, 2.45) is 0 Å². The van der Waals surface area contributed by atoms with Gasteiger partial charge < -0.3 is 10.1 Å². The molecular weight excluding hydrogens is 357 g/mol. The predicted octanol–water partition coefficient (Wildman–Crippen LogP) is 5.21. The molecule has 0 radical (unpaired) electrons. The van der Waals surface area contributed by atoms with Crippen molar-refractivity contribution in [2.75, 3.05) is 6.61 Å². The molecule has 0 aromatic heterocycles. The normalized spacial score (nSPS) is 11.9. The highest BCUT2D eigenvalue weighted by atomic mass is 35.5. The molecule has 1 atom stereocenters. The van der Waals surface area contributed by atoms with E-state index in [1.54, 1.807) is 36.4 Å². The Labute approximate surface area is 150 Å². The van der Waals surface area contributed by atoms with E-state index in [1.807, 2.05) is 13.8 Å². The summed E-state index contributed by atoms with van der Waals surface area (Å²) in [5.41, 5.74) is 1.67. The van der Waals surface area contributed by atoms with Crippen LogP contribution in [-0.2, 0) is 4.79 Å². The van der Waals surface area contributed by atoms with Gasteiger partial charge in [-0.3, -0.25) is 4.79 Å². The van der Waals surface area contributed by atoms with Crippen LogP contribution in [0.25, 0.3) is 0 Å². The summed E-state index contributed by atoms with van der Waals surface area (Å²) >= 11 is 17.9. The number of nitrogens with one attached hydrogen (secondary N) is 1. The van der Waals surface area contributed by atoms with Gasteiger partial charge in [0.2, 0.25) is 0 Å². The molecular formula is C17H16Cl3NO2. The quantitative estimate of drug-likeness (QED) is 0.782. The number of halogens is 3. The molecule has 0 spiro atoms. The summed E-state index contributed by atoms with van der Waals surface area (Å²) in [5, 5.41) is 4.54. The Balaban J connectivity index is 1.93. The number of carbonyl (C=O) groups excluding carboxylic acids is 1. The Morgan fingerprint density at radius 1 is 1.13 bits per heavy atom. The van der Waals surface area contributed by atoms with Crippen molar-refractivity contribution in [2.45, 2.75) is 19.9 Å². The molecule has 1 N–H and O–H groups in total. The van der Waals surface area contributed by atoms with Gasteiger partial charge in [-0.25, -0.2) is 0 Å². The lowest BCUT2D eigenvalue weighted by Crippen LogP contribution is -2.31. The van der Waals surface area contributed by atoms with Crippen molar-refractivity contribution < 1.29 is 9.53 Å². The minimum absolute atomic E-state index is 0.0853. The SMILES string of the molecule is Cc1cc(Cl)ccc1OCC(=O)N[C@H](C)c1ccc(Cl)cc1Cl. The number of benzene rings is 2. The van der Waals surface area contributed by atoms with Gasteiger partial charge >= 0.3 is 0 Å². The summed E-state index contributed by atoms with van der Waals surface area (Å²) < 4.78 is 5.51. The molecule has 0 aliphatic carbocycles. The summed E-state index contributed by atoms with van der Waals surface area (Å²) in [4.78, 5) is 12.0. The maximum Gasteiger partial charge on any atom is 0.258 e. The van der Waals surface area contributed by atoms with Gasteiger partial charge in [-0.1, -0.05) is 40.9 Å². The van der Waals surface area contributed by atoms with Crippen molar-refractivity contribution in [1.82, 2.24) is 5.32 Å². The van der Waals surface area contributed by atoms with E-state index in [-0.39, 0.29) is 18.6 Å². The maximum atomic E-state index is 12.0. The minimum Gasteiger partial charge on any atom is -0.484 e. The molecule has 0 aliphatic heterocycles. The molecule has 1 amide bonds. The lowest BCUT2D eigenvalue weighted by Gasteiger charge is -2.16. The lowest BCUT2D eigenvalue weighted by molar-refractivity contribution is -0.123. The van der Waals surface area contributed by atoms with Crippen LogP contribution in [0.5, 0.6) is 5.75 Å². The van der Waals surface area contributed by atoms with E-state index >= 15 is 0 Å². The molecule has 122 valence electrons. The molecule has 0 bridgehead atoms. The zero-order valence-electron chi connectivity index (χ0n) is 12.7. The molecule has 6 heteroatoms. The van der Waals surface area contributed by atoms with Crippen LogP contribution in [0.15, 0.2) is 36.4 Å². The van der Waals surface area contributed by atoms with E-state index in [2.05, 4.69) is 5.32 Å². The van der Waals surface area contributed by atoms with Crippen LogP contribution in [0.3, 0.4) is 0 Å². The fraction of sp³-hybridized carbons (Fsp3) is 0.235. The molecule has 23 heavy (non-hydrogen) atoms. The fourth-order valence-corrected chi connectivity index (χ4v) is 2.93. The molecule has 2 rings (SSSR count). The van der Waals surface area contributed by atoms with Crippen LogP contribution in [0.1, 0.15) is 24.1 Å². The highest BCUT2D eigenvalue weighted by molar-refractivity contribution is 6.35. The van der Waals surface area contributed by atoms with Crippen LogP contribution in [0.4, 0.5) is 0 Å². The van der Waals surface area contributed by atoms with Gasteiger partial charge in [-0.2, -0.15) is 0 Å². The standard InChI is InChI=1S/C17H16Cl3NO2/c1-10-7-12(18)4-6-16(10)23-9-17(22)21-11(2)14-5-3-13(19)8-15(14)20/h3-8,11H,9H2,1-2H3,(H,21,22)/t11-/m1/s1. The van der Waals surface area contributed by atoms with Crippen LogP contribution in [0.2, 0.25) is 15.1 Å². The predicted molar refractivity (Wildman–Crippen MR) is 94.7 cm³/mol. The third-order valence-corrected chi connectivity index (χ3v) is 4.10. The molecule has 0 unspecified atom stereocenters. The van der Waals surface area contributed by atoms with Gasteiger partial charge in [0.25, 0.3) is 5.91 Å². The van der Waals surface area contributed by atoms with Gasteiger partial charge in [0, 0.05) is 15.1 Å². The van der Waals surface area contributed by atoms with Gasteiger partial charge in [0.05, 0.1) is 6.04 Å². The second-order valence-corrected chi connectivity index (χ2v) is 6.43. The highest BCUT2D eigenvalue weighted by Crippen LogP contribution is 2.26. The molecule has 0 saturated heterocycles. The van der Waals surface area contributed by atoms with Crippen molar-refractivity contribution in [3.05, 3.63) is 62.6 Å². The third-order valence-electron chi connectivity index (χ3n) is 3.30. The van der Waals surface area contributed by atoms with Crippen LogP contribution in [0, 0.1) is 6.92 Å². The summed E-state index contributed by atoms with van der Waals surface area (Å²) in [6, 6.07) is 10.2. The first-order chi connectivity index (χ1) is 10.9. The summed E-state index contributed by atoms with van der Waals surface area (Å²) in [6.07, 6.45) is 0. The van der Waals surface area contributed by atoms with Crippen molar-refractivity contribution in [3.8, 4) is 5.75 Å². The molecule has 3 nitrogen and oxygen atoms in total. The molecule has 0 heterocycles. The number of carbonyl (C=O) groups is 1. The Hall–Kier alpha value is -1.42. The van der Waals surface area contributed by atoms with Crippen molar-refractivity contribution >= 4 is 40.7 Å². The maximum absolute atomic E-state index is 12.0. The molecule has 0 aliphatic rings. The van der Waals surface area contributed by atoms with E-state index in [9.17, 15) is 4.79 Å². The minimum atomic E-state index is -0.248. The number of aryl methyl sites for hydroxylation is 1. The van der Waals surface area contributed by atoms with Gasteiger partial charge in [-0.05, 0) is 55.3 Å². The Kier molecular flexibility index (Phi) is 6.17. The first-order valence-corrected chi connectivity index (χ1v) is 8.13. The van der Waals surface area contributed by atoms with Gasteiger partial charge in [0.1, 0.15) is 5.75 Å². The second-order valence-electron chi connectivity index (χ2n) is 5.15. The summed E-state index contributed by atoms with van der Waals surface area (Å²) in [5.74, 6) is 0.389. The number of hydrogen-bond donors (Lipinski definition) is 1. The van der Waals surface area contributed by atoms with E-state index in [4.69, 9.17) is 39.5 Å². The summed E-state index contributed by atoms with van der Waals surface area (Å²) in [6.45, 7) is 3.63. The first-order valence-electron chi connectivity index (χ1n) is 7.00. The lowest BCUT2D eigenvalue weighted by atomic mass is 10.1. The van der Waals surface area contributed by atoms with E-state index in [0.717, 1.165) is 11.1 Å². The van der Waals surface area contributed by atoms with Gasteiger partial charge in [0.15, 0.2) is 6.61 Å². The highest BCUT2D eigenvalue weighted by Gasteiger charge is 2.13. The Morgan fingerprint density at radius 3 is 2.43 bits per heavy atom. The molecule has 2 aromatic carbocycles. The smallest absolute Gasteiger partial charge is 0.258 e. The number of hydrogen-bond acceptors (Lipinski definition) is 2. The first kappa shape index (κ1) is 17.9. The zero-order valence-corrected chi connectivity index (χ0v) is 15.0. The van der Waals surface area contributed by atoms with E-state index in [0.29, 0.717) is 20.8 Å². The largest absolute Gasteiger partial charge is 0.484 e. The summed E-state index contributed by atoms with van der Waals surface area (Å²) in [7, 11) is 0. The average molecular weight is 373 g/mol. The molecule has 0 saturated carbocycles. The number of amides is 1. The van der Waals surface area contributed by atoms with E-state index < -0.39 is 0 Å². The second kappa shape index (κ2) is 7.91. The topological polar surface area (TPSA) is 38.3 Å². The number of rotatable bonds is 5. The van der Waals surface area contributed by atoms with Crippen molar-refractivity contribution in [3.63, 3.8) is 0 Å². The van der Waals surface area contributed by atoms with Crippen LogP contribution in [-0.4, -0.2) is 12.5 Å². The fourth-order valence-electron chi connectivity index (χ4n) is 2.13. The van der Waals surface area contributed by atoms with Crippen molar-refractivity contribution in [1.29, 1.82) is 0 Å². The third kappa shape index (κ3) is 5.03.